The summed E-state index contributed by atoms with van der Waals surface area (Å²) < 4.78 is 0. The Morgan fingerprint density at radius 3 is 2.32 bits per heavy atom. The van der Waals surface area contributed by atoms with Crippen LogP contribution in [0.15, 0.2) is 42.5 Å². The minimum atomic E-state index is 0.224. The Hall–Kier alpha value is -3.09. The fourth-order valence-electron chi connectivity index (χ4n) is 2.51. The van der Waals surface area contributed by atoms with Crippen LogP contribution in [0.4, 0.5) is 11.4 Å². The summed E-state index contributed by atoms with van der Waals surface area (Å²) in [5, 5.41) is 22.6. The van der Waals surface area contributed by atoms with Gasteiger partial charge in [0.15, 0.2) is 0 Å². The number of rotatable bonds is 5. The lowest BCUT2D eigenvalue weighted by Gasteiger charge is -2.14. The van der Waals surface area contributed by atoms with Crippen LogP contribution in [0.5, 0.6) is 5.75 Å². The van der Waals surface area contributed by atoms with Crippen LogP contribution < -0.4 is 9.80 Å². The average Bonchev–Trinajstić information content (AvgIpc) is 3.04. The second kappa shape index (κ2) is 6.80. The highest BCUT2D eigenvalue weighted by Gasteiger charge is 2.11. The molecule has 0 spiro atoms. The molecule has 0 unspecified atom stereocenters. The van der Waals surface area contributed by atoms with Gasteiger partial charge in [-0.3, -0.25) is 0 Å². The zero-order valence-corrected chi connectivity index (χ0v) is 14.9. The highest BCUT2D eigenvalue weighted by molar-refractivity contribution is 5.68. The van der Waals surface area contributed by atoms with Crippen molar-refractivity contribution >= 4 is 11.4 Å². The molecule has 0 fully saturated rings. The van der Waals surface area contributed by atoms with E-state index in [-0.39, 0.29) is 5.75 Å². The largest absolute Gasteiger partial charge is 0.506 e. The molecule has 0 radical (unpaired) electrons. The summed E-state index contributed by atoms with van der Waals surface area (Å²) in [6.07, 6.45) is 0. The van der Waals surface area contributed by atoms with E-state index >= 15 is 0 Å². The number of hydrogen-bond acceptors (Lipinski definition) is 6. The van der Waals surface area contributed by atoms with Crippen molar-refractivity contribution in [3.63, 3.8) is 0 Å². The number of hydrogen-bond donors (Lipinski definition) is 1. The van der Waals surface area contributed by atoms with E-state index in [1.54, 1.807) is 16.9 Å². The first-order chi connectivity index (χ1) is 11.9. The average molecular weight is 338 g/mol. The number of phenolic OH excluding ortho intramolecular Hbond substituents is 1. The van der Waals surface area contributed by atoms with Gasteiger partial charge in [0.05, 0.1) is 12.2 Å². The van der Waals surface area contributed by atoms with Gasteiger partial charge in [0.2, 0.25) is 5.82 Å². The van der Waals surface area contributed by atoms with E-state index in [2.05, 4.69) is 44.6 Å². The molecule has 1 aromatic heterocycles. The van der Waals surface area contributed by atoms with Gasteiger partial charge in [0.25, 0.3) is 0 Å². The molecule has 25 heavy (non-hydrogen) atoms. The molecule has 1 heterocycles. The third-order valence-electron chi connectivity index (χ3n) is 3.94. The van der Waals surface area contributed by atoms with Crippen molar-refractivity contribution in [1.82, 2.24) is 20.2 Å². The molecule has 0 aliphatic rings. The summed E-state index contributed by atoms with van der Waals surface area (Å²) >= 11 is 0. The molecule has 0 aliphatic carbocycles. The number of aromatic nitrogens is 4. The first kappa shape index (κ1) is 16.8. The summed E-state index contributed by atoms with van der Waals surface area (Å²) in [6.45, 7) is 0.555. The number of anilines is 2. The van der Waals surface area contributed by atoms with Crippen LogP contribution in [-0.2, 0) is 6.54 Å². The lowest BCUT2D eigenvalue weighted by molar-refractivity contribution is 0.476. The van der Waals surface area contributed by atoms with Crippen LogP contribution in [0, 0.1) is 0 Å². The maximum atomic E-state index is 9.91. The Bertz CT molecular complexity index is 854. The van der Waals surface area contributed by atoms with Gasteiger partial charge in [-0.25, -0.2) is 0 Å². The zero-order valence-electron chi connectivity index (χ0n) is 14.9. The van der Waals surface area contributed by atoms with Crippen LogP contribution in [0.1, 0.15) is 5.56 Å². The van der Waals surface area contributed by atoms with Crippen LogP contribution in [0.25, 0.3) is 11.4 Å². The number of benzene rings is 2. The Morgan fingerprint density at radius 1 is 0.960 bits per heavy atom. The maximum absolute atomic E-state index is 9.91. The van der Waals surface area contributed by atoms with Crippen LogP contribution >= 0.6 is 0 Å². The van der Waals surface area contributed by atoms with Crippen molar-refractivity contribution in [3.8, 4) is 17.1 Å². The summed E-state index contributed by atoms with van der Waals surface area (Å²) in [5.74, 6) is 0.759. The minimum Gasteiger partial charge on any atom is -0.506 e. The van der Waals surface area contributed by atoms with Crippen molar-refractivity contribution in [3.05, 3.63) is 48.0 Å². The van der Waals surface area contributed by atoms with E-state index < -0.39 is 0 Å². The Morgan fingerprint density at radius 2 is 1.68 bits per heavy atom. The first-order valence-electron chi connectivity index (χ1n) is 7.99. The number of phenols is 1. The van der Waals surface area contributed by atoms with Gasteiger partial charge in [-0.05, 0) is 41.1 Å². The van der Waals surface area contributed by atoms with Gasteiger partial charge in [-0.15, -0.1) is 10.2 Å². The van der Waals surface area contributed by atoms with E-state index in [1.807, 2.05) is 39.2 Å². The molecule has 3 rings (SSSR count). The molecular weight excluding hydrogens is 316 g/mol. The Kier molecular flexibility index (Phi) is 4.56. The molecule has 0 atom stereocenters. The van der Waals surface area contributed by atoms with Crippen molar-refractivity contribution in [1.29, 1.82) is 0 Å². The quantitative estimate of drug-likeness (QED) is 0.769. The smallest absolute Gasteiger partial charge is 0.205 e. The number of tetrazole rings is 1. The molecule has 0 bridgehead atoms. The SMILES string of the molecule is CN(C)c1ccc(Cn2nnc(-c3ccc(O)c(N(C)C)c3)n2)cc1. The van der Waals surface area contributed by atoms with Gasteiger partial charge in [0, 0.05) is 39.4 Å². The topological polar surface area (TPSA) is 70.3 Å². The Labute approximate surface area is 147 Å². The van der Waals surface area contributed by atoms with Gasteiger partial charge in [0.1, 0.15) is 5.75 Å². The van der Waals surface area contributed by atoms with E-state index in [9.17, 15) is 5.11 Å². The standard InChI is InChI=1S/C18H22N6O/c1-22(2)15-8-5-13(6-9-15)12-24-20-18(19-21-24)14-7-10-17(25)16(11-14)23(3)4/h5-11,25H,12H2,1-4H3. The molecule has 3 aromatic rings. The molecule has 130 valence electrons. The van der Waals surface area contributed by atoms with Gasteiger partial charge < -0.3 is 14.9 Å². The third kappa shape index (κ3) is 3.71. The molecular formula is C18H22N6O. The molecule has 0 saturated heterocycles. The lowest BCUT2D eigenvalue weighted by atomic mass is 10.1. The van der Waals surface area contributed by atoms with Crippen molar-refractivity contribution in [2.45, 2.75) is 6.54 Å². The highest BCUT2D eigenvalue weighted by atomic mass is 16.3. The molecule has 2 aromatic carbocycles. The summed E-state index contributed by atoms with van der Waals surface area (Å²) in [4.78, 5) is 5.47. The van der Waals surface area contributed by atoms with Crippen molar-refractivity contribution < 1.29 is 5.11 Å². The van der Waals surface area contributed by atoms with Gasteiger partial charge in [-0.2, -0.15) is 4.80 Å². The first-order valence-corrected chi connectivity index (χ1v) is 7.99. The fraction of sp³-hybridized carbons (Fsp3) is 0.278. The zero-order chi connectivity index (χ0) is 18.0. The number of nitrogens with zero attached hydrogens (tertiary/aromatic N) is 6. The van der Waals surface area contributed by atoms with E-state index in [0.29, 0.717) is 18.1 Å². The van der Waals surface area contributed by atoms with E-state index in [1.165, 1.54) is 0 Å². The van der Waals surface area contributed by atoms with Gasteiger partial charge >= 0.3 is 0 Å². The minimum absolute atomic E-state index is 0.224. The predicted molar refractivity (Wildman–Crippen MR) is 99.1 cm³/mol. The normalized spacial score (nSPS) is 10.7. The van der Waals surface area contributed by atoms with Crippen LogP contribution in [-0.4, -0.2) is 53.5 Å². The molecule has 7 nitrogen and oxygen atoms in total. The monoisotopic (exact) mass is 338 g/mol. The number of aromatic hydroxyl groups is 1. The fourth-order valence-corrected chi connectivity index (χ4v) is 2.51. The highest BCUT2D eigenvalue weighted by Crippen LogP contribution is 2.29. The van der Waals surface area contributed by atoms with E-state index in [0.717, 1.165) is 16.8 Å². The summed E-state index contributed by atoms with van der Waals surface area (Å²) in [6, 6.07) is 13.5. The predicted octanol–water partition coefficient (Wildman–Crippen LogP) is 2.23. The van der Waals surface area contributed by atoms with Gasteiger partial charge in [-0.1, -0.05) is 12.1 Å². The van der Waals surface area contributed by atoms with E-state index in [4.69, 9.17) is 0 Å². The second-order valence-corrected chi connectivity index (χ2v) is 6.30. The van der Waals surface area contributed by atoms with Crippen molar-refractivity contribution in [2.24, 2.45) is 0 Å². The summed E-state index contributed by atoms with van der Waals surface area (Å²) in [5.41, 5.74) is 3.79. The molecule has 0 amide bonds. The summed E-state index contributed by atoms with van der Waals surface area (Å²) in [7, 11) is 7.78. The maximum Gasteiger partial charge on any atom is 0.205 e. The molecule has 0 aliphatic heterocycles. The lowest BCUT2D eigenvalue weighted by Crippen LogP contribution is -2.09. The van der Waals surface area contributed by atoms with Crippen LogP contribution in [0.3, 0.4) is 0 Å². The molecule has 1 N–H and O–H groups in total. The Balaban J connectivity index is 1.79. The molecule has 0 saturated carbocycles. The molecule has 7 heteroatoms. The van der Waals surface area contributed by atoms with Crippen LogP contribution in [0.2, 0.25) is 0 Å². The van der Waals surface area contributed by atoms with Crippen molar-refractivity contribution in [2.75, 3.05) is 38.0 Å². The third-order valence-corrected chi connectivity index (χ3v) is 3.94. The second-order valence-electron chi connectivity index (χ2n) is 6.30.